The van der Waals surface area contributed by atoms with Crippen LogP contribution in [-0.4, -0.2) is 50.1 Å². The molecule has 1 aliphatic carbocycles. The van der Waals surface area contributed by atoms with Crippen molar-refractivity contribution in [2.75, 3.05) is 37.6 Å². The van der Waals surface area contributed by atoms with Gasteiger partial charge in [-0.05, 0) is 37.1 Å². The quantitative estimate of drug-likeness (QED) is 0.677. The fourth-order valence-corrected chi connectivity index (χ4v) is 3.89. The van der Waals surface area contributed by atoms with Gasteiger partial charge in [-0.1, -0.05) is 19.3 Å². The van der Waals surface area contributed by atoms with Gasteiger partial charge in [-0.15, -0.1) is 0 Å². The maximum atomic E-state index is 12.8. The van der Waals surface area contributed by atoms with Crippen molar-refractivity contribution in [2.45, 2.75) is 37.6 Å². The van der Waals surface area contributed by atoms with Gasteiger partial charge in [-0.2, -0.15) is 5.26 Å². The van der Waals surface area contributed by atoms with Gasteiger partial charge in [0.2, 0.25) is 5.91 Å². The second kappa shape index (κ2) is 8.87. The number of nitrogens with zero attached hydrogens (tertiary/aromatic N) is 2. The van der Waals surface area contributed by atoms with E-state index in [0.29, 0.717) is 18.4 Å². The van der Waals surface area contributed by atoms with Crippen LogP contribution in [-0.2, 0) is 4.79 Å². The largest absolute Gasteiger partial charge is 0.369 e. The molecule has 1 heterocycles. The maximum Gasteiger partial charge on any atom is 0.252 e. The molecule has 3 N–H and O–H groups in total. The van der Waals surface area contributed by atoms with Crippen LogP contribution in [0, 0.1) is 11.3 Å². The molecule has 2 amide bonds. The fraction of sp³-hybridized carbons (Fsp3) is 0.550. The number of hydrogen-bond donors (Lipinski definition) is 3. The number of hydrogen-bond acceptors (Lipinski definition) is 5. The second-order valence-corrected chi connectivity index (χ2v) is 7.22. The number of carbonyl (C=O) groups excluding carboxylic acids is 2. The van der Waals surface area contributed by atoms with Crippen molar-refractivity contribution in [1.82, 2.24) is 16.0 Å². The summed E-state index contributed by atoms with van der Waals surface area (Å²) in [5.41, 5.74) is 0.739. The highest BCUT2D eigenvalue weighted by Gasteiger charge is 2.40. The van der Waals surface area contributed by atoms with Gasteiger partial charge in [0, 0.05) is 37.4 Å². The molecule has 0 aromatic heterocycles. The molecule has 0 unspecified atom stereocenters. The maximum absolute atomic E-state index is 12.8. The third-order valence-corrected chi connectivity index (χ3v) is 5.43. The van der Waals surface area contributed by atoms with E-state index in [1.165, 1.54) is 0 Å². The number of benzene rings is 1. The Morgan fingerprint density at radius 2 is 1.78 bits per heavy atom. The molecule has 7 heteroatoms. The standard InChI is InChI=1S/C20H27N5O2/c21-10-11-23-19(27)20(8-2-1-3-9-20)24-18(26)16-4-6-17(7-5-16)25-14-12-22-13-15-25/h4-7,22H,1-3,8-9,11-15H2,(H,23,27)(H,24,26). The molecular weight excluding hydrogens is 342 g/mol. The lowest BCUT2D eigenvalue weighted by atomic mass is 9.80. The highest BCUT2D eigenvalue weighted by molar-refractivity contribution is 5.99. The van der Waals surface area contributed by atoms with Gasteiger partial charge in [0.1, 0.15) is 12.1 Å². The highest BCUT2D eigenvalue weighted by atomic mass is 16.2. The molecule has 3 rings (SSSR count). The van der Waals surface area contributed by atoms with Crippen molar-refractivity contribution in [1.29, 1.82) is 5.26 Å². The third kappa shape index (κ3) is 4.58. The number of amides is 2. The molecule has 1 aliphatic heterocycles. The van der Waals surface area contributed by atoms with Gasteiger partial charge in [0.25, 0.3) is 5.91 Å². The van der Waals surface area contributed by atoms with E-state index >= 15 is 0 Å². The van der Waals surface area contributed by atoms with Crippen LogP contribution in [0.3, 0.4) is 0 Å². The summed E-state index contributed by atoms with van der Waals surface area (Å²) in [6.45, 7) is 3.78. The third-order valence-electron chi connectivity index (χ3n) is 5.43. The first kappa shape index (κ1) is 19.2. The van der Waals surface area contributed by atoms with Gasteiger partial charge in [-0.3, -0.25) is 9.59 Å². The lowest BCUT2D eigenvalue weighted by Crippen LogP contribution is -2.59. The Morgan fingerprint density at radius 1 is 1.11 bits per heavy atom. The van der Waals surface area contributed by atoms with E-state index < -0.39 is 5.54 Å². The van der Waals surface area contributed by atoms with Gasteiger partial charge in [-0.25, -0.2) is 0 Å². The molecule has 1 saturated carbocycles. The summed E-state index contributed by atoms with van der Waals surface area (Å²) in [6.07, 6.45) is 4.05. The Balaban J connectivity index is 1.69. The first-order valence-electron chi connectivity index (χ1n) is 9.68. The number of carbonyl (C=O) groups is 2. The Bertz CT molecular complexity index is 698. The van der Waals surface area contributed by atoms with Crippen molar-refractivity contribution in [3.63, 3.8) is 0 Å². The van der Waals surface area contributed by atoms with Crippen molar-refractivity contribution in [2.24, 2.45) is 0 Å². The predicted molar refractivity (Wildman–Crippen MR) is 103 cm³/mol. The summed E-state index contributed by atoms with van der Waals surface area (Å²) in [7, 11) is 0. The minimum Gasteiger partial charge on any atom is -0.369 e. The molecular formula is C20H27N5O2. The monoisotopic (exact) mass is 369 g/mol. The molecule has 144 valence electrons. The molecule has 2 fully saturated rings. The summed E-state index contributed by atoms with van der Waals surface area (Å²) < 4.78 is 0. The van der Waals surface area contributed by atoms with Crippen LogP contribution in [0.25, 0.3) is 0 Å². The van der Waals surface area contributed by atoms with Crippen LogP contribution in [0.15, 0.2) is 24.3 Å². The van der Waals surface area contributed by atoms with Crippen molar-refractivity contribution in [3.8, 4) is 6.07 Å². The highest BCUT2D eigenvalue weighted by Crippen LogP contribution is 2.29. The van der Waals surface area contributed by atoms with Crippen LogP contribution in [0.4, 0.5) is 5.69 Å². The fourth-order valence-electron chi connectivity index (χ4n) is 3.89. The van der Waals surface area contributed by atoms with Crippen LogP contribution in [0.1, 0.15) is 42.5 Å². The molecule has 0 bridgehead atoms. The molecule has 0 spiro atoms. The lowest BCUT2D eigenvalue weighted by molar-refractivity contribution is -0.128. The summed E-state index contributed by atoms with van der Waals surface area (Å²) in [5, 5.41) is 17.7. The Labute approximate surface area is 160 Å². The molecule has 7 nitrogen and oxygen atoms in total. The summed E-state index contributed by atoms with van der Waals surface area (Å²) in [4.78, 5) is 27.7. The first-order chi connectivity index (χ1) is 13.1. The molecule has 27 heavy (non-hydrogen) atoms. The number of rotatable bonds is 5. The van der Waals surface area contributed by atoms with Crippen molar-refractivity contribution >= 4 is 17.5 Å². The normalized spacial score (nSPS) is 19.0. The number of anilines is 1. The zero-order valence-corrected chi connectivity index (χ0v) is 15.6. The SMILES string of the molecule is N#CCNC(=O)C1(NC(=O)c2ccc(N3CCNCC3)cc2)CCCCC1. The van der Waals surface area contributed by atoms with Crippen LogP contribution in [0.5, 0.6) is 0 Å². The minimum absolute atomic E-state index is 0.0458. The Morgan fingerprint density at radius 3 is 2.41 bits per heavy atom. The Hall–Kier alpha value is -2.59. The van der Waals surface area contributed by atoms with E-state index in [9.17, 15) is 9.59 Å². The minimum atomic E-state index is -0.913. The van der Waals surface area contributed by atoms with E-state index in [1.54, 1.807) is 0 Å². The smallest absolute Gasteiger partial charge is 0.252 e. The van der Waals surface area contributed by atoms with Gasteiger partial charge < -0.3 is 20.9 Å². The van der Waals surface area contributed by atoms with Crippen molar-refractivity contribution < 1.29 is 9.59 Å². The van der Waals surface area contributed by atoms with E-state index in [1.807, 2.05) is 30.3 Å². The van der Waals surface area contributed by atoms with Crippen LogP contribution in [0.2, 0.25) is 0 Å². The van der Waals surface area contributed by atoms with Crippen LogP contribution < -0.4 is 20.9 Å². The van der Waals surface area contributed by atoms with E-state index in [0.717, 1.165) is 51.1 Å². The van der Waals surface area contributed by atoms with Gasteiger partial charge in [0.15, 0.2) is 0 Å². The van der Waals surface area contributed by atoms with E-state index in [-0.39, 0.29) is 18.4 Å². The average Bonchev–Trinajstić information content (AvgIpc) is 2.73. The number of nitrogens with one attached hydrogen (secondary N) is 3. The molecule has 1 aromatic carbocycles. The zero-order valence-electron chi connectivity index (χ0n) is 15.6. The topological polar surface area (TPSA) is 97.3 Å². The molecule has 0 radical (unpaired) electrons. The molecule has 1 aromatic rings. The zero-order chi connectivity index (χ0) is 19.1. The summed E-state index contributed by atoms with van der Waals surface area (Å²) >= 11 is 0. The first-order valence-corrected chi connectivity index (χ1v) is 9.68. The molecule has 1 saturated heterocycles. The number of piperazine rings is 1. The lowest BCUT2D eigenvalue weighted by Gasteiger charge is -2.36. The average molecular weight is 369 g/mol. The molecule has 2 aliphatic rings. The summed E-state index contributed by atoms with van der Waals surface area (Å²) in [6, 6.07) is 9.48. The predicted octanol–water partition coefficient (Wildman–Crippen LogP) is 1.17. The molecule has 0 atom stereocenters. The summed E-state index contributed by atoms with van der Waals surface area (Å²) in [5.74, 6) is -0.495. The number of nitriles is 1. The van der Waals surface area contributed by atoms with Crippen molar-refractivity contribution in [3.05, 3.63) is 29.8 Å². The van der Waals surface area contributed by atoms with Gasteiger partial charge in [0.05, 0.1) is 6.07 Å². The Kier molecular flexibility index (Phi) is 6.30. The van der Waals surface area contributed by atoms with E-state index in [2.05, 4.69) is 20.9 Å². The van der Waals surface area contributed by atoms with E-state index in [4.69, 9.17) is 5.26 Å². The second-order valence-electron chi connectivity index (χ2n) is 7.22. The van der Waals surface area contributed by atoms with Crippen LogP contribution >= 0.6 is 0 Å². The van der Waals surface area contributed by atoms with Gasteiger partial charge >= 0.3 is 0 Å².